The Balaban J connectivity index is 2.06. The van der Waals surface area contributed by atoms with Crippen LogP contribution in [0.15, 0.2) is 29.4 Å². The van der Waals surface area contributed by atoms with E-state index in [2.05, 4.69) is 22.1 Å². The Kier molecular flexibility index (Phi) is 5.53. The fourth-order valence-corrected chi connectivity index (χ4v) is 3.64. The van der Waals surface area contributed by atoms with Gasteiger partial charge in [-0.2, -0.15) is 4.98 Å². The maximum atomic E-state index is 12.3. The van der Waals surface area contributed by atoms with Gasteiger partial charge in [0.05, 0.1) is 5.69 Å². The van der Waals surface area contributed by atoms with Gasteiger partial charge in [0.1, 0.15) is 0 Å². The topological polar surface area (TPSA) is 68.2 Å². The number of anilines is 1. The van der Waals surface area contributed by atoms with E-state index in [1.807, 2.05) is 31.2 Å². The van der Waals surface area contributed by atoms with Gasteiger partial charge < -0.3 is 4.74 Å². The maximum Gasteiger partial charge on any atom is 0.247 e. The standard InChI is InChI=1S/C18H22N4O2S/c1-4-6-11-25-18-19-17-16(20-21-18)13-9-7-8-10-14(13)22(12(3)23)15(5-2)24-17/h7-10,15H,4-6,11H2,1-3H3/t15-/m0/s1. The Labute approximate surface area is 152 Å². The van der Waals surface area contributed by atoms with E-state index in [1.165, 1.54) is 0 Å². The monoisotopic (exact) mass is 358 g/mol. The van der Waals surface area contributed by atoms with Crippen molar-refractivity contribution in [2.75, 3.05) is 10.7 Å². The van der Waals surface area contributed by atoms with Gasteiger partial charge in [0.2, 0.25) is 16.9 Å². The first-order valence-electron chi connectivity index (χ1n) is 8.59. The molecule has 1 aliphatic rings. The molecule has 132 valence electrons. The van der Waals surface area contributed by atoms with Crippen LogP contribution >= 0.6 is 11.8 Å². The minimum absolute atomic E-state index is 0.0717. The summed E-state index contributed by atoms with van der Waals surface area (Å²) in [6.07, 6.45) is 2.46. The predicted octanol–water partition coefficient (Wildman–Crippen LogP) is 3.91. The normalized spacial score (nSPS) is 15.8. The van der Waals surface area contributed by atoms with E-state index in [-0.39, 0.29) is 5.91 Å². The van der Waals surface area contributed by atoms with Gasteiger partial charge in [-0.1, -0.05) is 50.2 Å². The van der Waals surface area contributed by atoms with E-state index >= 15 is 0 Å². The molecule has 0 saturated heterocycles. The number of carbonyl (C=O) groups excluding carboxylic acids is 1. The highest BCUT2D eigenvalue weighted by molar-refractivity contribution is 7.99. The van der Waals surface area contributed by atoms with E-state index in [0.717, 1.165) is 29.8 Å². The molecule has 0 bridgehead atoms. The molecular formula is C18H22N4O2S. The Morgan fingerprint density at radius 1 is 1.28 bits per heavy atom. The molecule has 2 heterocycles. The molecule has 0 N–H and O–H groups in total. The number of hydrogen-bond donors (Lipinski definition) is 0. The maximum absolute atomic E-state index is 12.3. The molecule has 3 rings (SSSR count). The summed E-state index contributed by atoms with van der Waals surface area (Å²) < 4.78 is 6.09. The molecule has 1 aliphatic heterocycles. The first kappa shape index (κ1) is 17.7. The number of unbranched alkanes of at least 4 members (excludes halogenated alkanes) is 1. The summed E-state index contributed by atoms with van der Waals surface area (Å²) in [5.41, 5.74) is 2.18. The lowest BCUT2D eigenvalue weighted by Gasteiger charge is -2.28. The number of ether oxygens (including phenoxy) is 1. The van der Waals surface area contributed by atoms with Crippen LogP contribution in [-0.4, -0.2) is 33.1 Å². The number of hydrogen-bond acceptors (Lipinski definition) is 6. The van der Waals surface area contributed by atoms with Crippen molar-refractivity contribution in [1.29, 1.82) is 0 Å². The van der Waals surface area contributed by atoms with Crippen molar-refractivity contribution in [3.8, 4) is 17.1 Å². The van der Waals surface area contributed by atoms with Crippen molar-refractivity contribution < 1.29 is 9.53 Å². The molecule has 1 atom stereocenters. The second-order valence-electron chi connectivity index (χ2n) is 5.84. The zero-order chi connectivity index (χ0) is 17.8. The average molecular weight is 358 g/mol. The average Bonchev–Trinajstić information content (AvgIpc) is 2.75. The molecule has 1 aromatic heterocycles. The molecule has 0 fully saturated rings. The van der Waals surface area contributed by atoms with Crippen molar-refractivity contribution in [2.24, 2.45) is 0 Å². The molecule has 0 unspecified atom stereocenters. The second-order valence-corrected chi connectivity index (χ2v) is 6.90. The van der Waals surface area contributed by atoms with Gasteiger partial charge in [-0.15, -0.1) is 10.2 Å². The molecule has 1 aromatic carbocycles. The van der Waals surface area contributed by atoms with Crippen LogP contribution in [0, 0.1) is 0 Å². The largest absolute Gasteiger partial charge is 0.451 e. The van der Waals surface area contributed by atoms with Gasteiger partial charge in [0, 0.05) is 24.7 Å². The summed E-state index contributed by atoms with van der Waals surface area (Å²) in [5.74, 6) is 1.32. The molecule has 0 saturated carbocycles. The number of carbonyl (C=O) groups is 1. The van der Waals surface area contributed by atoms with Crippen LogP contribution in [0.4, 0.5) is 5.69 Å². The fourth-order valence-electron chi connectivity index (χ4n) is 2.78. The Bertz CT molecular complexity index is 768. The number of rotatable bonds is 5. The van der Waals surface area contributed by atoms with Gasteiger partial charge in [0.25, 0.3) is 0 Å². The lowest BCUT2D eigenvalue weighted by molar-refractivity contribution is -0.118. The number of benzene rings is 1. The highest BCUT2D eigenvalue weighted by Gasteiger charge is 2.32. The van der Waals surface area contributed by atoms with E-state index in [1.54, 1.807) is 23.6 Å². The molecule has 7 heteroatoms. The Morgan fingerprint density at radius 3 is 2.80 bits per heavy atom. The lowest BCUT2D eigenvalue weighted by atomic mass is 10.1. The van der Waals surface area contributed by atoms with Gasteiger partial charge in [-0.25, -0.2) is 0 Å². The molecule has 0 aliphatic carbocycles. The highest BCUT2D eigenvalue weighted by atomic mass is 32.2. The second kappa shape index (κ2) is 7.82. The van der Waals surface area contributed by atoms with Crippen LogP contribution in [0.25, 0.3) is 11.3 Å². The summed E-state index contributed by atoms with van der Waals surface area (Å²) in [7, 11) is 0. The van der Waals surface area contributed by atoms with Crippen molar-refractivity contribution in [3.05, 3.63) is 24.3 Å². The zero-order valence-electron chi connectivity index (χ0n) is 14.7. The van der Waals surface area contributed by atoms with Gasteiger partial charge in [-0.05, 0) is 12.5 Å². The van der Waals surface area contributed by atoms with E-state index in [0.29, 0.717) is 23.2 Å². The van der Waals surface area contributed by atoms with Crippen molar-refractivity contribution in [2.45, 2.75) is 51.4 Å². The summed E-state index contributed by atoms with van der Waals surface area (Å²) in [4.78, 5) is 18.5. The first-order chi connectivity index (χ1) is 12.2. The number of nitrogens with zero attached hydrogens (tertiary/aromatic N) is 4. The Morgan fingerprint density at radius 2 is 2.08 bits per heavy atom. The van der Waals surface area contributed by atoms with E-state index in [9.17, 15) is 4.79 Å². The van der Waals surface area contributed by atoms with E-state index < -0.39 is 6.23 Å². The number of fused-ring (bicyclic) bond motifs is 3. The summed E-state index contributed by atoms with van der Waals surface area (Å²) in [6.45, 7) is 5.68. The molecule has 0 spiro atoms. The number of para-hydroxylation sites is 1. The number of amides is 1. The molecule has 1 amide bonds. The third-order valence-electron chi connectivity index (χ3n) is 4.01. The molecular weight excluding hydrogens is 336 g/mol. The summed E-state index contributed by atoms with van der Waals surface area (Å²) in [6, 6.07) is 7.65. The minimum atomic E-state index is -0.412. The fraction of sp³-hybridized carbons (Fsp3) is 0.444. The van der Waals surface area contributed by atoms with E-state index in [4.69, 9.17) is 4.74 Å². The van der Waals surface area contributed by atoms with Crippen molar-refractivity contribution >= 4 is 23.4 Å². The predicted molar refractivity (Wildman–Crippen MR) is 98.8 cm³/mol. The van der Waals surface area contributed by atoms with Crippen LogP contribution in [0.3, 0.4) is 0 Å². The molecule has 25 heavy (non-hydrogen) atoms. The zero-order valence-corrected chi connectivity index (χ0v) is 15.5. The SMILES string of the molecule is CCCCSc1nnc2c(n1)O[C@@H](CC)N(C(C)=O)c1ccccc1-2. The van der Waals surface area contributed by atoms with Crippen molar-refractivity contribution in [3.63, 3.8) is 0 Å². The lowest BCUT2D eigenvalue weighted by Crippen LogP contribution is -2.42. The summed E-state index contributed by atoms with van der Waals surface area (Å²) >= 11 is 1.58. The van der Waals surface area contributed by atoms with Crippen LogP contribution in [-0.2, 0) is 4.79 Å². The van der Waals surface area contributed by atoms with Crippen LogP contribution in [0.1, 0.15) is 40.0 Å². The summed E-state index contributed by atoms with van der Waals surface area (Å²) in [5, 5.41) is 9.22. The number of thioether (sulfide) groups is 1. The van der Waals surface area contributed by atoms with Gasteiger partial charge in [-0.3, -0.25) is 9.69 Å². The highest BCUT2D eigenvalue weighted by Crippen LogP contribution is 2.39. The van der Waals surface area contributed by atoms with Crippen LogP contribution < -0.4 is 9.64 Å². The first-order valence-corrected chi connectivity index (χ1v) is 9.57. The van der Waals surface area contributed by atoms with Gasteiger partial charge >= 0.3 is 0 Å². The molecule has 2 aromatic rings. The van der Waals surface area contributed by atoms with Crippen LogP contribution in [0.2, 0.25) is 0 Å². The molecule has 0 radical (unpaired) electrons. The van der Waals surface area contributed by atoms with Gasteiger partial charge in [0.15, 0.2) is 11.9 Å². The van der Waals surface area contributed by atoms with Crippen molar-refractivity contribution in [1.82, 2.24) is 15.2 Å². The third-order valence-corrected chi connectivity index (χ3v) is 4.93. The quantitative estimate of drug-likeness (QED) is 0.596. The molecule has 6 nitrogen and oxygen atoms in total. The minimum Gasteiger partial charge on any atom is -0.451 e. The smallest absolute Gasteiger partial charge is 0.247 e. The van der Waals surface area contributed by atoms with Crippen LogP contribution in [0.5, 0.6) is 5.88 Å². The third kappa shape index (κ3) is 3.61. The number of aromatic nitrogens is 3. The Hall–Kier alpha value is -2.15.